The molecular formula is C27H25N3OS. The fraction of sp³-hybridized carbons (Fsp3) is 0.259. The van der Waals surface area contributed by atoms with Crippen molar-refractivity contribution in [1.82, 2.24) is 14.5 Å². The maximum Gasteiger partial charge on any atom is 0.256 e. The van der Waals surface area contributed by atoms with Crippen molar-refractivity contribution >= 4 is 17.2 Å². The van der Waals surface area contributed by atoms with Gasteiger partial charge in [0.05, 0.1) is 23.8 Å². The molecule has 0 bridgehead atoms. The fourth-order valence-electron chi connectivity index (χ4n) is 5.23. The number of rotatable bonds is 2. The minimum absolute atomic E-state index is 0.0287. The Hall–Kier alpha value is -3.18. The molecular weight excluding hydrogens is 414 g/mol. The first-order valence-corrected chi connectivity index (χ1v) is 12.1. The molecule has 1 atom stereocenters. The van der Waals surface area contributed by atoms with E-state index >= 15 is 0 Å². The third kappa shape index (κ3) is 3.11. The van der Waals surface area contributed by atoms with E-state index in [9.17, 15) is 4.79 Å². The van der Waals surface area contributed by atoms with Gasteiger partial charge >= 0.3 is 0 Å². The fourth-order valence-corrected chi connectivity index (χ4v) is 6.64. The zero-order chi connectivity index (χ0) is 21.7. The highest BCUT2D eigenvalue weighted by Crippen LogP contribution is 2.44. The Bertz CT molecular complexity index is 1300. The van der Waals surface area contributed by atoms with Crippen molar-refractivity contribution in [3.8, 4) is 5.00 Å². The molecule has 1 aromatic carbocycles. The first-order valence-electron chi connectivity index (χ1n) is 11.3. The van der Waals surface area contributed by atoms with Crippen LogP contribution in [-0.2, 0) is 19.4 Å². The van der Waals surface area contributed by atoms with Gasteiger partial charge in [-0.3, -0.25) is 9.78 Å². The van der Waals surface area contributed by atoms with Gasteiger partial charge in [-0.1, -0.05) is 29.8 Å². The maximum atomic E-state index is 13.9. The lowest BCUT2D eigenvalue weighted by molar-refractivity contribution is 0.0690. The molecule has 1 aliphatic carbocycles. The summed E-state index contributed by atoms with van der Waals surface area (Å²) in [6.07, 6.45) is 10.3. The summed E-state index contributed by atoms with van der Waals surface area (Å²) in [6, 6.07) is 16.4. The lowest BCUT2D eigenvalue weighted by atomic mass is 9.94. The van der Waals surface area contributed by atoms with Gasteiger partial charge in [0.15, 0.2) is 0 Å². The van der Waals surface area contributed by atoms with Crippen LogP contribution in [0.3, 0.4) is 0 Å². The van der Waals surface area contributed by atoms with Crippen molar-refractivity contribution < 1.29 is 4.79 Å². The predicted octanol–water partition coefficient (Wildman–Crippen LogP) is 5.87. The number of benzene rings is 1. The summed E-state index contributed by atoms with van der Waals surface area (Å²) in [5.74, 6) is 0.0287. The standard InChI is InChI=1S/C27H25N3OS/c1-18-7-4-8-19(15-18)25-23-11-6-14-29(23)27-22(21-10-2-3-12-24(21)32-27)17-30(25)26(31)20-9-5-13-28-16-20/h4-9,11,13-16,25H,2-3,10,12,17H2,1H3/t25-/m0/s1. The smallest absolute Gasteiger partial charge is 0.256 e. The normalized spacial score (nSPS) is 17.3. The van der Waals surface area contributed by atoms with Crippen LogP contribution in [0, 0.1) is 6.92 Å². The number of aromatic nitrogens is 2. The molecule has 5 heteroatoms. The van der Waals surface area contributed by atoms with Gasteiger partial charge in [0.2, 0.25) is 0 Å². The first kappa shape index (κ1) is 19.5. The van der Waals surface area contributed by atoms with Gasteiger partial charge in [0.25, 0.3) is 5.91 Å². The molecule has 0 N–H and O–H groups in total. The third-order valence-electron chi connectivity index (χ3n) is 6.71. The number of nitrogens with zero attached hydrogens (tertiary/aromatic N) is 3. The number of amides is 1. The van der Waals surface area contributed by atoms with Crippen molar-refractivity contribution in [3.63, 3.8) is 0 Å². The molecule has 0 fully saturated rings. The second-order valence-corrected chi connectivity index (χ2v) is 9.87. The molecule has 1 aliphatic heterocycles. The number of hydrogen-bond donors (Lipinski definition) is 0. The Morgan fingerprint density at radius 2 is 1.97 bits per heavy atom. The number of carbonyl (C=O) groups is 1. The molecule has 1 amide bonds. The SMILES string of the molecule is Cc1cccc([C@H]2c3cccn3-c3sc4c(c3CN2C(=O)c2cccnc2)CCCC4)c1. The van der Waals surface area contributed by atoms with Gasteiger partial charge < -0.3 is 9.47 Å². The second kappa shape index (κ2) is 7.75. The topological polar surface area (TPSA) is 38.1 Å². The quantitative estimate of drug-likeness (QED) is 0.392. The van der Waals surface area contributed by atoms with Crippen molar-refractivity contribution in [1.29, 1.82) is 0 Å². The van der Waals surface area contributed by atoms with Crippen LogP contribution >= 0.6 is 11.3 Å². The molecule has 0 spiro atoms. The summed E-state index contributed by atoms with van der Waals surface area (Å²) >= 11 is 1.92. The van der Waals surface area contributed by atoms with Gasteiger partial charge in [-0.25, -0.2) is 0 Å². The number of carbonyl (C=O) groups excluding carboxylic acids is 1. The highest BCUT2D eigenvalue weighted by molar-refractivity contribution is 7.15. The number of hydrogen-bond acceptors (Lipinski definition) is 3. The van der Waals surface area contributed by atoms with Crippen LogP contribution in [0.4, 0.5) is 0 Å². The molecule has 2 aliphatic rings. The summed E-state index contributed by atoms with van der Waals surface area (Å²) in [6.45, 7) is 2.73. The zero-order valence-electron chi connectivity index (χ0n) is 18.1. The van der Waals surface area contributed by atoms with Crippen LogP contribution in [0.2, 0.25) is 0 Å². The predicted molar refractivity (Wildman–Crippen MR) is 127 cm³/mol. The van der Waals surface area contributed by atoms with Crippen LogP contribution in [0.1, 0.15) is 62.1 Å². The van der Waals surface area contributed by atoms with E-state index in [0.29, 0.717) is 12.1 Å². The minimum Gasteiger partial charge on any atom is -0.321 e. The molecule has 0 saturated heterocycles. The Morgan fingerprint density at radius 1 is 1.06 bits per heavy atom. The van der Waals surface area contributed by atoms with E-state index in [-0.39, 0.29) is 11.9 Å². The Morgan fingerprint density at radius 3 is 2.81 bits per heavy atom. The van der Waals surface area contributed by atoms with Crippen molar-refractivity contribution in [2.75, 3.05) is 0 Å². The van der Waals surface area contributed by atoms with Crippen LogP contribution in [0.15, 0.2) is 67.1 Å². The van der Waals surface area contributed by atoms with Gasteiger partial charge in [0, 0.05) is 29.0 Å². The van der Waals surface area contributed by atoms with E-state index in [4.69, 9.17) is 0 Å². The molecule has 6 rings (SSSR count). The molecule has 0 radical (unpaired) electrons. The summed E-state index contributed by atoms with van der Waals surface area (Å²) in [7, 11) is 0. The molecule has 32 heavy (non-hydrogen) atoms. The average molecular weight is 440 g/mol. The summed E-state index contributed by atoms with van der Waals surface area (Å²) in [5.41, 5.74) is 6.93. The summed E-state index contributed by atoms with van der Waals surface area (Å²) in [5, 5.41) is 1.29. The van der Waals surface area contributed by atoms with Crippen molar-refractivity contribution in [2.45, 2.75) is 45.2 Å². The molecule has 0 saturated carbocycles. The largest absolute Gasteiger partial charge is 0.321 e. The molecule has 0 unspecified atom stereocenters. The van der Waals surface area contributed by atoms with E-state index in [1.165, 1.54) is 39.4 Å². The van der Waals surface area contributed by atoms with E-state index in [2.05, 4.69) is 64.0 Å². The van der Waals surface area contributed by atoms with E-state index in [1.807, 2.05) is 23.5 Å². The molecule has 4 aromatic rings. The lowest BCUT2D eigenvalue weighted by Crippen LogP contribution is -2.35. The minimum atomic E-state index is -0.156. The third-order valence-corrected chi connectivity index (χ3v) is 8.04. The Kier molecular flexibility index (Phi) is 4.72. The van der Waals surface area contributed by atoms with E-state index < -0.39 is 0 Å². The highest BCUT2D eigenvalue weighted by Gasteiger charge is 2.36. The molecule has 3 aromatic heterocycles. The second-order valence-electron chi connectivity index (χ2n) is 8.79. The maximum absolute atomic E-state index is 13.9. The van der Waals surface area contributed by atoms with Crippen LogP contribution < -0.4 is 0 Å². The monoisotopic (exact) mass is 439 g/mol. The number of fused-ring (bicyclic) bond motifs is 5. The van der Waals surface area contributed by atoms with Gasteiger partial charge in [-0.2, -0.15) is 0 Å². The molecule has 160 valence electrons. The zero-order valence-corrected chi connectivity index (χ0v) is 18.9. The Balaban J connectivity index is 1.58. The van der Waals surface area contributed by atoms with Crippen molar-refractivity contribution in [2.24, 2.45) is 0 Å². The average Bonchev–Trinajstić information content (AvgIpc) is 3.41. The summed E-state index contributed by atoms with van der Waals surface area (Å²) in [4.78, 5) is 21.7. The number of aryl methyl sites for hydroxylation is 2. The van der Waals surface area contributed by atoms with Crippen LogP contribution in [0.5, 0.6) is 0 Å². The van der Waals surface area contributed by atoms with Gasteiger partial charge in [-0.15, -0.1) is 11.3 Å². The van der Waals surface area contributed by atoms with Gasteiger partial charge in [-0.05, 0) is 68.0 Å². The van der Waals surface area contributed by atoms with Crippen LogP contribution in [-0.4, -0.2) is 20.4 Å². The van der Waals surface area contributed by atoms with Crippen LogP contribution in [0.25, 0.3) is 5.00 Å². The lowest BCUT2D eigenvalue weighted by Gasteiger charge is -2.31. The van der Waals surface area contributed by atoms with Crippen molar-refractivity contribution in [3.05, 3.63) is 106 Å². The molecule has 4 nitrogen and oxygen atoms in total. The van der Waals surface area contributed by atoms with E-state index in [0.717, 1.165) is 24.1 Å². The number of pyridine rings is 1. The number of thiophene rings is 1. The summed E-state index contributed by atoms with van der Waals surface area (Å²) < 4.78 is 2.34. The molecule has 4 heterocycles. The van der Waals surface area contributed by atoms with Gasteiger partial charge in [0.1, 0.15) is 5.00 Å². The highest BCUT2D eigenvalue weighted by atomic mass is 32.1. The first-order chi connectivity index (χ1) is 15.7. The van der Waals surface area contributed by atoms with E-state index in [1.54, 1.807) is 12.4 Å². The Labute approximate surface area is 192 Å².